The number of likely N-dealkylation sites (tertiary alicyclic amines) is 1. The summed E-state index contributed by atoms with van der Waals surface area (Å²) in [6.45, 7) is 12.0. The number of halogens is 1. The van der Waals surface area contributed by atoms with Crippen LogP contribution in [-0.4, -0.2) is 41.3 Å². The van der Waals surface area contributed by atoms with Crippen molar-refractivity contribution >= 4 is 28.0 Å². The first-order valence-electron chi connectivity index (χ1n) is 10.2. The minimum atomic E-state index is -0.607. The third kappa shape index (κ3) is 7.02. The highest BCUT2D eigenvalue weighted by molar-refractivity contribution is 9.10. The van der Waals surface area contributed by atoms with Gasteiger partial charge in [-0.2, -0.15) is 5.26 Å². The first-order chi connectivity index (χ1) is 13.8. The van der Waals surface area contributed by atoms with E-state index in [1.807, 2.05) is 47.6 Å². The molecule has 6 nitrogen and oxygen atoms in total. The van der Waals surface area contributed by atoms with Gasteiger partial charge in [0.05, 0.1) is 17.6 Å². The molecule has 0 bridgehead atoms. The molecule has 1 saturated heterocycles. The molecule has 1 amide bonds. The van der Waals surface area contributed by atoms with E-state index in [0.717, 1.165) is 10.0 Å². The fraction of sp³-hybridized carbons (Fsp3) is 0.609. The van der Waals surface area contributed by atoms with E-state index in [0.29, 0.717) is 31.5 Å². The van der Waals surface area contributed by atoms with Crippen molar-refractivity contribution in [2.45, 2.75) is 65.6 Å². The van der Waals surface area contributed by atoms with Crippen molar-refractivity contribution in [2.75, 3.05) is 13.1 Å². The predicted molar refractivity (Wildman–Crippen MR) is 118 cm³/mol. The van der Waals surface area contributed by atoms with Crippen LogP contribution >= 0.6 is 15.9 Å². The number of carbonyl (C=O) groups is 2. The van der Waals surface area contributed by atoms with Crippen LogP contribution in [0.15, 0.2) is 22.7 Å². The molecule has 0 aromatic heterocycles. The van der Waals surface area contributed by atoms with Crippen molar-refractivity contribution in [3.63, 3.8) is 0 Å². The van der Waals surface area contributed by atoms with Gasteiger partial charge in [0.2, 0.25) is 0 Å². The second-order valence-corrected chi connectivity index (χ2v) is 10.6. The maximum absolute atomic E-state index is 13.1. The number of nitriles is 1. The van der Waals surface area contributed by atoms with Gasteiger partial charge in [-0.05, 0) is 84.1 Å². The van der Waals surface area contributed by atoms with Crippen LogP contribution in [-0.2, 0) is 20.7 Å². The van der Waals surface area contributed by atoms with Crippen molar-refractivity contribution in [2.24, 2.45) is 11.8 Å². The summed E-state index contributed by atoms with van der Waals surface area (Å²) in [5.74, 6) is -0.764. The molecule has 1 aromatic carbocycles. The molecule has 0 saturated carbocycles. The fourth-order valence-electron chi connectivity index (χ4n) is 3.47. The van der Waals surface area contributed by atoms with Crippen LogP contribution in [0.4, 0.5) is 4.79 Å². The Hall–Kier alpha value is -2.07. The lowest BCUT2D eigenvalue weighted by molar-refractivity contribution is -0.161. The fourth-order valence-corrected chi connectivity index (χ4v) is 3.87. The number of benzene rings is 1. The van der Waals surface area contributed by atoms with Crippen molar-refractivity contribution in [1.82, 2.24) is 4.90 Å². The van der Waals surface area contributed by atoms with Crippen LogP contribution in [0.25, 0.3) is 0 Å². The highest BCUT2D eigenvalue weighted by Crippen LogP contribution is 2.32. The van der Waals surface area contributed by atoms with Crippen LogP contribution in [0.2, 0.25) is 0 Å². The van der Waals surface area contributed by atoms with Gasteiger partial charge in [-0.15, -0.1) is 0 Å². The molecule has 0 unspecified atom stereocenters. The molecular formula is C23H31BrN2O4. The second kappa shape index (κ2) is 9.38. The van der Waals surface area contributed by atoms with Crippen LogP contribution < -0.4 is 0 Å². The molecule has 1 fully saturated rings. The molecule has 0 aliphatic carbocycles. The van der Waals surface area contributed by atoms with Crippen molar-refractivity contribution in [3.05, 3.63) is 33.8 Å². The van der Waals surface area contributed by atoms with Gasteiger partial charge in [0.25, 0.3) is 0 Å². The van der Waals surface area contributed by atoms with E-state index >= 15 is 0 Å². The molecule has 2 rings (SSSR count). The number of ether oxygens (including phenoxy) is 2. The minimum absolute atomic E-state index is 0.0509. The molecule has 2 atom stereocenters. The molecule has 7 heteroatoms. The quantitative estimate of drug-likeness (QED) is 0.563. The summed E-state index contributed by atoms with van der Waals surface area (Å²) in [5.41, 5.74) is 0.242. The number of carbonyl (C=O) groups excluding carboxylic acids is 2. The van der Waals surface area contributed by atoms with E-state index in [1.165, 1.54) is 0 Å². The summed E-state index contributed by atoms with van der Waals surface area (Å²) in [5, 5.41) is 9.23. The average Bonchev–Trinajstić information content (AvgIpc) is 3.07. The van der Waals surface area contributed by atoms with Gasteiger partial charge >= 0.3 is 12.1 Å². The van der Waals surface area contributed by atoms with E-state index in [-0.39, 0.29) is 18.0 Å². The zero-order valence-corrected chi connectivity index (χ0v) is 20.2. The third-order valence-electron chi connectivity index (χ3n) is 4.77. The highest BCUT2D eigenvalue weighted by atomic mass is 79.9. The zero-order valence-electron chi connectivity index (χ0n) is 18.6. The number of esters is 1. The standard InChI is InChI=1S/C23H31BrN2O4/c1-22(2,3)29-20(27)18(12-17-11-15(13-25)7-8-19(17)24)16-9-10-26(14-16)21(28)30-23(4,5)6/h7-8,11,16,18H,9-10,12,14H2,1-6H3/t16-,18-/m0/s1. The van der Waals surface area contributed by atoms with E-state index in [9.17, 15) is 14.9 Å². The van der Waals surface area contributed by atoms with Gasteiger partial charge in [0.1, 0.15) is 11.2 Å². The lowest BCUT2D eigenvalue weighted by atomic mass is 9.85. The summed E-state index contributed by atoms with van der Waals surface area (Å²) in [7, 11) is 0. The summed E-state index contributed by atoms with van der Waals surface area (Å²) in [6, 6.07) is 7.49. The van der Waals surface area contributed by atoms with Gasteiger partial charge in [0, 0.05) is 17.6 Å². The molecule has 0 radical (unpaired) electrons. The Morgan fingerprint density at radius 3 is 2.40 bits per heavy atom. The largest absolute Gasteiger partial charge is 0.460 e. The van der Waals surface area contributed by atoms with Gasteiger partial charge < -0.3 is 14.4 Å². The number of hydrogen-bond donors (Lipinski definition) is 0. The number of nitrogens with zero attached hydrogens (tertiary/aromatic N) is 2. The molecule has 1 heterocycles. The smallest absolute Gasteiger partial charge is 0.410 e. The maximum Gasteiger partial charge on any atom is 0.410 e. The summed E-state index contributed by atoms with van der Waals surface area (Å²) in [4.78, 5) is 27.2. The molecule has 30 heavy (non-hydrogen) atoms. The lowest BCUT2D eigenvalue weighted by Crippen LogP contribution is -2.38. The molecule has 0 N–H and O–H groups in total. The van der Waals surface area contributed by atoms with Crippen LogP contribution in [0.3, 0.4) is 0 Å². The Labute approximate surface area is 187 Å². The highest BCUT2D eigenvalue weighted by Gasteiger charge is 2.39. The zero-order chi connectivity index (χ0) is 22.7. The predicted octanol–water partition coefficient (Wildman–Crippen LogP) is 5.08. The van der Waals surface area contributed by atoms with Crippen LogP contribution in [0.1, 0.15) is 59.1 Å². The third-order valence-corrected chi connectivity index (χ3v) is 5.54. The van der Waals surface area contributed by atoms with E-state index in [4.69, 9.17) is 9.47 Å². The Bertz CT molecular complexity index is 833. The minimum Gasteiger partial charge on any atom is -0.460 e. The Kier molecular flexibility index (Phi) is 7.57. The molecule has 164 valence electrons. The van der Waals surface area contributed by atoms with Crippen molar-refractivity contribution < 1.29 is 19.1 Å². The van der Waals surface area contributed by atoms with Crippen molar-refractivity contribution in [1.29, 1.82) is 5.26 Å². The van der Waals surface area contributed by atoms with Gasteiger partial charge in [-0.3, -0.25) is 4.79 Å². The first kappa shape index (κ1) is 24.2. The van der Waals surface area contributed by atoms with Crippen LogP contribution in [0, 0.1) is 23.2 Å². The van der Waals surface area contributed by atoms with E-state index in [1.54, 1.807) is 17.0 Å². The Balaban J connectivity index is 2.24. The summed E-state index contributed by atoms with van der Waals surface area (Å²) in [6.07, 6.45) is 0.761. The van der Waals surface area contributed by atoms with Gasteiger partial charge in [-0.1, -0.05) is 15.9 Å². The number of rotatable bonds is 4. The topological polar surface area (TPSA) is 79.6 Å². The SMILES string of the molecule is CC(C)(C)OC(=O)[C@@H](Cc1cc(C#N)ccc1Br)[C@H]1CCN(C(=O)OC(C)(C)C)C1. The van der Waals surface area contributed by atoms with Gasteiger partial charge in [0.15, 0.2) is 0 Å². The molecule has 1 aliphatic heterocycles. The molecule has 0 spiro atoms. The van der Waals surface area contributed by atoms with Crippen LogP contribution in [0.5, 0.6) is 0 Å². The van der Waals surface area contributed by atoms with Gasteiger partial charge in [-0.25, -0.2) is 4.79 Å². The normalized spacial score (nSPS) is 17.9. The summed E-state index contributed by atoms with van der Waals surface area (Å²) >= 11 is 3.53. The monoisotopic (exact) mass is 478 g/mol. The maximum atomic E-state index is 13.1. The second-order valence-electron chi connectivity index (χ2n) is 9.74. The number of hydrogen-bond acceptors (Lipinski definition) is 5. The van der Waals surface area contributed by atoms with E-state index < -0.39 is 17.1 Å². The first-order valence-corrected chi connectivity index (χ1v) is 11.0. The lowest BCUT2D eigenvalue weighted by Gasteiger charge is -2.28. The van der Waals surface area contributed by atoms with E-state index in [2.05, 4.69) is 22.0 Å². The molecule has 1 aliphatic rings. The molecule has 1 aromatic rings. The summed E-state index contributed by atoms with van der Waals surface area (Å²) < 4.78 is 12.0. The van der Waals surface area contributed by atoms with Crippen molar-refractivity contribution in [3.8, 4) is 6.07 Å². The molecular weight excluding hydrogens is 448 g/mol. The number of amides is 1. The Morgan fingerprint density at radius 1 is 1.20 bits per heavy atom. The Morgan fingerprint density at radius 2 is 1.83 bits per heavy atom. The average molecular weight is 479 g/mol.